The van der Waals surface area contributed by atoms with E-state index < -0.39 is 0 Å². The fourth-order valence-corrected chi connectivity index (χ4v) is 2.79. The normalized spacial score (nSPS) is 18.0. The van der Waals surface area contributed by atoms with Gasteiger partial charge < -0.3 is 15.5 Å². The molecule has 0 spiro atoms. The van der Waals surface area contributed by atoms with Gasteiger partial charge in [-0.1, -0.05) is 27.2 Å². The van der Waals surface area contributed by atoms with Crippen LogP contribution in [0.5, 0.6) is 0 Å². The van der Waals surface area contributed by atoms with Crippen molar-refractivity contribution < 1.29 is 4.79 Å². The van der Waals surface area contributed by atoms with Gasteiger partial charge >= 0.3 is 0 Å². The Kier molecular flexibility index (Phi) is 10.3. The molecule has 1 saturated heterocycles. The van der Waals surface area contributed by atoms with Gasteiger partial charge in [-0.2, -0.15) is 0 Å². The van der Waals surface area contributed by atoms with E-state index >= 15 is 0 Å². The second-order valence-electron chi connectivity index (χ2n) is 6.65. The summed E-state index contributed by atoms with van der Waals surface area (Å²) in [6, 6.07) is -0.334. The Morgan fingerprint density at radius 1 is 1.33 bits per heavy atom. The zero-order chi connectivity index (χ0) is 15.1. The van der Waals surface area contributed by atoms with Crippen LogP contribution in [0.2, 0.25) is 0 Å². The smallest absolute Gasteiger partial charge is 0.239 e. The topological polar surface area (TPSA) is 49.6 Å². The number of hydrogen-bond acceptors (Lipinski definition) is 3. The second-order valence-corrected chi connectivity index (χ2v) is 6.65. The van der Waals surface area contributed by atoms with E-state index in [0.717, 1.165) is 38.4 Å². The molecule has 2 N–H and O–H groups in total. The minimum Gasteiger partial charge on any atom is -0.341 e. The third-order valence-electron chi connectivity index (χ3n) is 4.39. The lowest BCUT2D eigenvalue weighted by Crippen LogP contribution is -2.50. The molecule has 1 heterocycles. The summed E-state index contributed by atoms with van der Waals surface area (Å²) in [5.74, 6) is 1.09. The molecule has 1 atom stereocenters. The molecule has 0 aromatic carbocycles. The van der Waals surface area contributed by atoms with E-state index in [9.17, 15) is 4.79 Å². The average Bonchev–Trinajstić information content (AvgIpc) is 2.44. The molecule has 5 heteroatoms. The Labute approximate surface area is 136 Å². The summed E-state index contributed by atoms with van der Waals surface area (Å²) in [4.78, 5) is 16.6. The predicted molar refractivity (Wildman–Crippen MR) is 91.8 cm³/mol. The molecule has 0 saturated carbocycles. The molecular weight excluding hydrogens is 286 g/mol. The SMILES string of the molecule is CCCCN(C)CC1CCN(C(=O)[C@@H](N)C(C)C)CC1.Cl. The van der Waals surface area contributed by atoms with E-state index in [2.05, 4.69) is 18.9 Å². The molecule has 0 aliphatic carbocycles. The van der Waals surface area contributed by atoms with Gasteiger partial charge in [0.15, 0.2) is 0 Å². The van der Waals surface area contributed by atoms with Crippen molar-refractivity contribution in [3.05, 3.63) is 0 Å². The van der Waals surface area contributed by atoms with Crippen molar-refractivity contribution in [2.75, 3.05) is 33.2 Å². The van der Waals surface area contributed by atoms with E-state index in [-0.39, 0.29) is 30.3 Å². The molecule has 0 bridgehead atoms. The van der Waals surface area contributed by atoms with Crippen LogP contribution >= 0.6 is 12.4 Å². The van der Waals surface area contributed by atoms with Gasteiger partial charge in [0.25, 0.3) is 0 Å². The molecule has 1 amide bonds. The summed E-state index contributed by atoms with van der Waals surface area (Å²) in [7, 11) is 2.21. The van der Waals surface area contributed by atoms with Crippen molar-refractivity contribution in [2.24, 2.45) is 17.6 Å². The van der Waals surface area contributed by atoms with E-state index in [0.29, 0.717) is 0 Å². The Hall–Kier alpha value is -0.320. The van der Waals surface area contributed by atoms with Crippen LogP contribution in [-0.4, -0.2) is 55.0 Å². The monoisotopic (exact) mass is 319 g/mol. The molecular formula is C16H34ClN3O. The Morgan fingerprint density at radius 3 is 2.38 bits per heavy atom. The number of unbranched alkanes of at least 4 members (excludes halogenated alkanes) is 1. The van der Waals surface area contributed by atoms with Crippen LogP contribution < -0.4 is 5.73 Å². The third kappa shape index (κ3) is 6.98. The summed E-state index contributed by atoms with van der Waals surface area (Å²) in [6.45, 7) is 10.4. The first-order valence-electron chi connectivity index (χ1n) is 8.18. The van der Waals surface area contributed by atoms with Gasteiger partial charge in [-0.3, -0.25) is 4.79 Å². The van der Waals surface area contributed by atoms with Crippen molar-refractivity contribution in [1.29, 1.82) is 0 Å². The van der Waals surface area contributed by atoms with Gasteiger partial charge in [-0.15, -0.1) is 12.4 Å². The van der Waals surface area contributed by atoms with Crippen LogP contribution in [0, 0.1) is 11.8 Å². The number of carbonyl (C=O) groups is 1. The maximum Gasteiger partial charge on any atom is 0.239 e. The van der Waals surface area contributed by atoms with Gasteiger partial charge in [-0.25, -0.2) is 0 Å². The largest absolute Gasteiger partial charge is 0.341 e. The quantitative estimate of drug-likeness (QED) is 0.783. The number of halogens is 1. The molecule has 4 nitrogen and oxygen atoms in total. The number of likely N-dealkylation sites (tertiary alicyclic amines) is 1. The van der Waals surface area contributed by atoms with Crippen molar-refractivity contribution in [3.8, 4) is 0 Å². The van der Waals surface area contributed by atoms with Gasteiger partial charge in [0.2, 0.25) is 5.91 Å². The highest BCUT2D eigenvalue weighted by Gasteiger charge is 2.27. The minimum atomic E-state index is -0.334. The molecule has 126 valence electrons. The van der Waals surface area contributed by atoms with Gasteiger partial charge in [-0.05, 0) is 44.7 Å². The number of nitrogens with two attached hydrogens (primary N) is 1. The average molecular weight is 320 g/mol. The highest BCUT2D eigenvalue weighted by Crippen LogP contribution is 2.19. The van der Waals surface area contributed by atoms with E-state index in [4.69, 9.17) is 5.73 Å². The molecule has 0 aromatic rings. The maximum atomic E-state index is 12.2. The molecule has 0 unspecified atom stereocenters. The maximum absolute atomic E-state index is 12.2. The van der Waals surface area contributed by atoms with Crippen molar-refractivity contribution >= 4 is 18.3 Å². The first-order valence-corrected chi connectivity index (χ1v) is 8.18. The van der Waals surface area contributed by atoms with E-state index in [1.165, 1.54) is 19.4 Å². The van der Waals surface area contributed by atoms with Crippen LogP contribution in [0.15, 0.2) is 0 Å². The van der Waals surface area contributed by atoms with E-state index in [1.807, 2.05) is 18.7 Å². The zero-order valence-corrected chi connectivity index (χ0v) is 15.0. The number of amides is 1. The van der Waals surface area contributed by atoms with Crippen LogP contribution in [0.4, 0.5) is 0 Å². The zero-order valence-electron chi connectivity index (χ0n) is 14.2. The molecule has 1 aliphatic heterocycles. The predicted octanol–water partition coefficient (Wildman–Crippen LogP) is 2.36. The molecule has 1 aliphatic rings. The summed E-state index contributed by atoms with van der Waals surface area (Å²) in [5.41, 5.74) is 5.96. The van der Waals surface area contributed by atoms with Crippen LogP contribution in [0.25, 0.3) is 0 Å². The fraction of sp³-hybridized carbons (Fsp3) is 0.938. The van der Waals surface area contributed by atoms with Gasteiger partial charge in [0.05, 0.1) is 6.04 Å². The number of carbonyl (C=O) groups excluding carboxylic acids is 1. The van der Waals surface area contributed by atoms with Crippen molar-refractivity contribution in [2.45, 2.75) is 52.5 Å². The lowest BCUT2D eigenvalue weighted by atomic mass is 9.94. The standard InChI is InChI=1S/C16H33N3O.ClH/c1-5-6-9-18(4)12-14-7-10-19(11-8-14)16(20)15(17)13(2)3;/h13-15H,5-12,17H2,1-4H3;1H/t15-;/m0./s1. The van der Waals surface area contributed by atoms with Gasteiger partial charge in [0.1, 0.15) is 0 Å². The van der Waals surface area contributed by atoms with Gasteiger partial charge in [0, 0.05) is 19.6 Å². The summed E-state index contributed by atoms with van der Waals surface area (Å²) >= 11 is 0. The molecule has 0 radical (unpaired) electrons. The lowest BCUT2D eigenvalue weighted by Gasteiger charge is -2.35. The highest BCUT2D eigenvalue weighted by molar-refractivity contribution is 5.85. The lowest BCUT2D eigenvalue weighted by molar-refractivity contribution is -0.135. The summed E-state index contributed by atoms with van der Waals surface area (Å²) in [5, 5.41) is 0. The van der Waals surface area contributed by atoms with Crippen LogP contribution in [0.3, 0.4) is 0 Å². The first-order chi connectivity index (χ1) is 9.45. The second kappa shape index (κ2) is 10.4. The first kappa shape index (κ1) is 20.7. The summed E-state index contributed by atoms with van der Waals surface area (Å²) in [6.07, 6.45) is 4.77. The molecule has 1 rings (SSSR count). The molecule has 1 fully saturated rings. The minimum absolute atomic E-state index is 0. The number of nitrogens with zero attached hydrogens (tertiary/aromatic N) is 2. The number of hydrogen-bond donors (Lipinski definition) is 1. The Bertz CT molecular complexity index is 291. The molecule has 0 aromatic heterocycles. The summed E-state index contributed by atoms with van der Waals surface area (Å²) < 4.78 is 0. The number of piperidine rings is 1. The van der Waals surface area contributed by atoms with Crippen molar-refractivity contribution in [3.63, 3.8) is 0 Å². The van der Waals surface area contributed by atoms with Crippen LogP contribution in [-0.2, 0) is 4.79 Å². The third-order valence-corrected chi connectivity index (χ3v) is 4.39. The Morgan fingerprint density at radius 2 is 1.90 bits per heavy atom. The van der Waals surface area contributed by atoms with E-state index in [1.54, 1.807) is 0 Å². The molecule has 21 heavy (non-hydrogen) atoms. The van der Waals surface area contributed by atoms with Crippen LogP contribution in [0.1, 0.15) is 46.5 Å². The highest BCUT2D eigenvalue weighted by atomic mass is 35.5. The Balaban J connectivity index is 0.00000400. The number of rotatable bonds is 7. The van der Waals surface area contributed by atoms with Crippen molar-refractivity contribution in [1.82, 2.24) is 9.80 Å². The fourth-order valence-electron chi connectivity index (χ4n) is 2.79.